The van der Waals surface area contributed by atoms with Gasteiger partial charge in [0, 0.05) is 39.1 Å². The molecule has 1 aromatic rings. The van der Waals surface area contributed by atoms with Gasteiger partial charge in [-0.1, -0.05) is 6.07 Å². The molecular weight excluding hydrogens is 350 g/mol. The van der Waals surface area contributed by atoms with E-state index in [2.05, 4.69) is 15.0 Å². The minimum absolute atomic E-state index is 0.0220. The molecule has 1 N–H and O–H groups in total. The number of hydrogen-bond donors (Lipinski definition) is 1. The van der Waals surface area contributed by atoms with Gasteiger partial charge in [0.05, 0.1) is 6.42 Å². The fourth-order valence-corrected chi connectivity index (χ4v) is 2.12. The number of halogens is 2. The van der Waals surface area contributed by atoms with Crippen molar-refractivity contribution in [3.05, 3.63) is 23.9 Å². The van der Waals surface area contributed by atoms with Crippen molar-refractivity contribution in [3.8, 4) is 5.88 Å². The maximum atomic E-state index is 12.2. The van der Waals surface area contributed by atoms with Crippen LogP contribution in [0.15, 0.2) is 18.3 Å². The number of carbonyl (C=O) groups excluding carboxylic acids is 1. The van der Waals surface area contributed by atoms with E-state index in [1.54, 1.807) is 26.8 Å². The average molecular weight is 376 g/mol. The molecule has 0 saturated heterocycles. The largest absolute Gasteiger partial charge is 0.460 e. The van der Waals surface area contributed by atoms with Gasteiger partial charge in [0.25, 0.3) is 0 Å². The van der Waals surface area contributed by atoms with Crippen LogP contribution in [-0.4, -0.2) is 50.2 Å². The van der Waals surface area contributed by atoms with E-state index in [-0.39, 0.29) is 12.3 Å². The molecule has 1 rings (SSSR count). The molecule has 0 saturated carbocycles. The zero-order valence-corrected chi connectivity index (χ0v) is 15.6. The normalized spacial score (nSPS) is 13.1. The quantitative estimate of drug-likeness (QED) is 0.497. The predicted molar refractivity (Wildman–Crippen MR) is 89.9 cm³/mol. The minimum atomic E-state index is -2.95. The second kappa shape index (κ2) is 10.3. The van der Waals surface area contributed by atoms with Gasteiger partial charge in [-0.05, 0) is 26.3 Å². The van der Waals surface area contributed by atoms with E-state index in [0.717, 1.165) is 0 Å². The zero-order valence-electron chi connectivity index (χ0n) is 15.6. The highest BCUT2D eigenvalue weighted by molar-refractivity contribution is 5.71. The summed E-state index contributed by atoms with van der Waals surface area (Å²) in [5.74, 6) is -0.610. The van der Waals surface area contributed by atoms with E-state index >= 15 is 0 Å². The molecule has 0 fully saturated rings. The summed E-state index contributed by atoms with van der Waals surface area (Å²) in [6.45, 7) is 2.68. The second-order valence-corrected chi connectivity index (χ2v) is 6.46. The number of pyridine rings is 1. The molecule has 0 aliphatic carbocycles. The first-order valence-corrected chi connectivity index (χ1v) is 8.06. The Hall–Kier alpha value is -1.84. The highest BCUT2D eigenvalue weighted by Crippen LogP contribution is 2.21. The second-order valence-electron chi connectivity index (χ2n) is 6.46. The van der Waals surface area contributed by atoms with Gasteiger partial charge in [0.15, 0.2) is 6.29 Å². The monoisotopic (exact) mass is 376 g/mol. The first-order chi connectivity index (χ1) is 12.1. The fourth-order valence-electron chi connectivity index (χ4n) is 2.12. The van der Waals surface area contributed by atoms with E-state index in [1.807, 2.05) is 0 Å². The molecule has 0 amide bonds. The number of aromatic nitrogens is 1. The van der Waals surface area contributed by atoms with Crippen LogP contribution in [-0.2, 0) is 19.0 Å². The molecular formula is C17H26F2N2O5. The van der Waals surface area contributed by atoms with Gasteiger partial charge in [-0.2, -0.15) is 8.78 Å². The number of esters is 1. The lowest BCUT2D eigenvalue weighted by molar-refractivity contribution is -0.155. The van der Waals surface area contributed by atoms with Crippen molar-refractivity contribution >= 4 is 5.97 Å². The maximum Gasteiger partial charge on any atom is 0.388 e. The van der Waals surface area contributed by atoms with Gasteiger partial charge in [-0.15, -0.1) is 0 Å². The Morgan fingerprint density at radius 1 is 1.23 bits per heavy atom. The lowest BCUT2D eigenvalue weighted by Gasteiger charge is -2.24. The number of nitrogens with one attached hydrogen (secondary N) is 1. The molecule has 1 aromatic heterocycles. The van der Waals surface area contributed by atoms with Crippen LogP contribution in [0.5, 0.6) is 5.88 Å². The standard InChI is InChI=1S/C17H26F2N2O5/c1-17(2,3)26-14(22)8-12(20-10-15(23-4)24-5)11-6-7-13(21-9-11)25-16(18)19/h6-7,9,12,15-16,20H,8,10H2,1-5H3/t12-/m0/s1. The Balaban J connectivity index is 2.86. The molecule has 0 radical (unpaired) electrons. The van der Waals surface area contributed by atoms with Crippen molar-refractivity contribution in [1.29, 1.82) is 0 Å². The molecule has 1 heterocycles. The number of nitrogens with zero attached hydrogens (tertiary/aromatic N) is 1. The molecule has 9 heteroatoms. The molecule has 1 atom stereocenters. The summed E-state index contributed by atoms with van der Waals surface area (Å²) in [5.41, 5.74) is -0.000355. The van der Waals surface area contributed by atoms with Crippen molar-refractivity contribution in [1.82, 2.24) is 10.3 Å². The number of hydrogen-bond acceptors (Lipinski definition) is 7. The van der Waals surface area contributed by atoms with Gasteiger partial charge < -0.3 is 24.3 Å². The van der Waals surface area contributed by atoms with Crippen LogP contribution >= 0.6 is 0 Å². The molecule has 7 nitrogen and oxygen atoms in total. The summed E-state index contributed by atoms with van der Waals surface area (Å²) in [6.07, 6.45) is 0.883. The average Bonchev–Trinajstić information content (AvgIpc) is 2.53. The fraction of sp³-hybridized carbons (Fsp3) is 0.647. The number of alkyl halides is 2. The summed E-state index contributed by atoms with van der Waals surface area (Å²) >= 11 is 0. The molecule has 0 unspecified atom stereocenters. The smallest absolute Gasteiger partial charge is 0.388 e. The Morgan fingerprint density at radius 2 is 1.88 bits per heavy atom. The highest BCUT2D eigenvalue weighted by Gasteiger charge is 2.23. The summed E-state index contributed by atoms with van der Waals surface area (Å²) in [5, 5.41) is 3.14. The Labute approximate surface area is 152 Å². The van der Waals surface area contributed by atoms with Gasteiger partial charge in [0.1, 0.15) is 5.60 Å². The van der Waals surface area contributed by atoms with E-state index in [1.165, 1.54) is 26.5 Å². The Kier molecular flexibility index (Phi) is 8.83. The number of rotatable bonds is 10. The third-order valence-electron chi connectivity index (χ3n) is 3.22. The molecule has 0 spiro atoms. The lowest BCUT2D eigenvalue weighted by atomic mass is 10.1. The topological polar surface area (TPSA) is 78.9 Å². The Bertz CT molecular complexity index is 545. The van der Waals surface area contributed by atoms with Crippen LogP contribution in [0.2, 0.25) is 0 Å². The number of carbonyl (C=O) groups is 1. The molecule has 0 aromatic carbocycles. The summed E-state index contributed by atoms with van der Waals surface area (Å²) in [4.78, 5) is 16.0. The van der Waals surface area contributed by atoms with Crippen molar-refractivity contribution in [2.45, 2.75) is 51.7 Å². The molecule has 0 aliphatic rings. The molecule has 0 bridgehead atoms. The summed E-state index contributed by atoms with van der Waals surface area (Å²) < 4.78 is 44.3. The summed E-state index contributed by atoms with van der Waals surface area (Å²) in [6, 6.07) is 2.40. The van der Waals surface area contributed by atoms with Crippen LogP contribution in [0.4, 0.5) is 8.78 Å². The SMILES string of the molecule is COC(CN[C@@H](CC(=O)OC(C)(C)C)c1ccc(OC(F)F)nc1)OC. The third kappa shape index (κ3) is 8.50. The van der Waals surface area contributed by atoms with Gasteiger partial charge in [-0.25, -0.2) is 4.98 Å². The van der Waals surface area contributed by atoms with Crippen molar-refractivity contribution in [2.75, 3.05) is 20.8 Å². The number of methoxy groups -OCH3 is 2. The highest BCUT2D eigenvalue weighted by atomic mass is 19.3. The minimum Gasteiger partial charge on any atom is -0.460 e. The molecule has 26 heavy (non-hydrogen) atoms. The third-order valence-corrected chi connectivity index (χ3v) is 3.22. The van der Waals surface area contributed by atoms with Crippen LogP contribution in [0.25, 0.3) is 0 Å². The lowest BCUT2D eigenvalue weighted by Crippen LogP contribution is -2.35. The van der Waals surface area contributed by atoms with Crippen LogP contribution in [0.3, 0.4) is 0 Å². The van der Waals surface area contributed by atoms with E-state index in [9.17, 15) is 13.6 Å². The van der Waals surface area contributed by atoms with Crippen LogP contribution in [0.1, 0.15) is 38.8 Å². The van der Waals surface area contributed by atoms with Crippen molar-refractivity contribution in [3.63, 3.8) is 0 Å². The van der Waals surface area contributed by atoms with Crippen LogP contribution < -0.4 is 10.1 Å². The number of ether oxygens (including phenoxy) is 4. The molecule has 148 valence electrons. The first-order valence-electron chi connectivity index (χ1n) is 8.06. The zero-order chi connectivity index (χ0) is 19.7. The van der Waals surface area contributed by atoms with E-state index in [4.69, 9.17) is 14.2 Å². The van der Waals surface area contributed by atoms with E-state index < -0.39 is 30.5 Å². The van der Waals surface area contributed by atoms with Crippen LogP contribution in [0, 0.1) is 0 Å². The first kappa shape index (κ1) is 22.2. The maximum absolute atomic E-state index is 12.2. The summed E-state index contributed by atoms with van der Waals surface area (Å²) in [7, 11) is 2.99. The Morgan fingerprint density at radius 3 is 2.35 bits per heavy atom. The van der Waals surface area contributed by atoms with Gasteiger partial charge in [0.2, 0.25) is 5.88 Å². The van der Waals surface area contributed by atoms with Gasteiger partial charge >= 0.3 is 12.6 Å². The van der Waals surface area contributed by atoms with Crippen molar-refractivity contribution < 1.29 is 32.5 Å². The van der Waals surface area contributed by atoms with Crippen molar-refractivity contribution in [2.24, 2.45) is 0 Å². The molecule has 0 aliphatic heterocycles. The van der Waals surface area contributed by atoms with E-state index in [0.29, 0.717) is 12.1 Å². The van der Waals surface area contributed by atoms with Gasteiger partial charge in [-0.3, -0.25) is 4.79 Å². The predicted octanol–water partition coefficient (Wildman–Crippen LogP) is 2.66.